The third-order valence-electron chi connectivity index (χ3n) is 2.66. The van der Waals surface area contributed by atoms with Gasteiger partial charge in [-0.15, -0.1) is 0 Å². The van der Waals surface area contributed by atoms with Crippen molar-refractivity contribution in [3.63, 3.8) is 0 Å². The van der Waals surface area contributed by atoms with E-state index in [1.807, 2.05) is 0 Å². The van der Waals surface area contributed by atoms with Gasteiger partial charge in [-0.1, -0.05) is 6.07 Å². The summed E-state index contributed by atoms with van der Waals surface area (Å²) in [4.78, 5) is 23.1. The van der Waals surface area contributed by atoms with E-state index in [-0.39, 0.29) is 18.1 Å². The van der Waals surface area contributed by atoms with Crippen LogP contribution in [0.2, 0.25) is 0 Å². The van der Waals surface area contributed by atoms with Gasteiger partial charge in [-0.25, -0.2) is 0 Å². The maximum atomic E-state index is 11.7. The van der Waals surface area contributed by atoms with Crippen molar-refractivity contribution in [3.05, 3.63) is 23.8 Å². The van der Waals surface area contributed by atoms with Crippen molar-refractivity contribution in [1.82, 2.24) is 0 Å². The largest absolute Gasteiger partial charge is 0.508 e. The zero-order valence-corrected chi connectivity index (χ0v) is 9.40. The molecule has 5 nitrogen and oxygen atoms in total. The number of rotatable bonds is 3. The van der Waals surface area contributed by atoms with Crippen LogP contribution in [-0.4, -0.2) is 23.6 Å². The predicted octanol–water partition coefficient (Wildman–Crippen LogP) is 1.38. The molecule has 2 N–H and O–H groups in total. The number of phenols is 1. The number of esters is 1. The standard InChI is InChI=1S/C12H13NO4/c1-2-17-11(15)6-9-8-4-3-7(14)5-10(8)13-12(9)16/h3-5,9,14H,2,6H2,1H3,(H,13,16). The highest BCUT2D eigenvalue weighted by Crippen LogP contribution is 2.36. The maximum absolute atomic E-state index is 11.7. The van der Waals surface area contributed by atoms with Gasteiger partial charge in [0.25, 0.3) is 0 Å². The van der Waals surface area contributed by atoms with Crippen LogP contribution in [0.5, 0.6) is 5.75 Å². The lowest BCUT2D eigenvalue weighted by Gasteiger charge is -2.07. The molecular weight excluding hydrogens is 222 g/mol. The van der Waals surface area contributed by atoms with Crippen LogP contribution < -0.4 is 5.32 Å². The monoisotopic (exact) mass is 235 g/mol. The molecule has 0 bridgehead atoms. The molecule has 0 aromatic heterocycles. The SMILES string of the molecule is CCOC(=O)CC1C(=O)Nc2cc(O)ccc21. The van der Waals surface area contributed by atoms with Gasteiger partial charge in [0, 0.05) is 11.8 Å². The summed E-state index contributed by atoms with van der Waals surface area (Å²) < 4.78 is 4.82. The number of carbonyl (C=O) groups is 2. The van der Waals surface area contributed by atoms with Crippen LogP contribution in [0.3, 0.4) is 0 Å². The Kier molecular flexibility index (Phi) is 2.99. The highest BCUT2D eigenvalue weighted by Gasteiger charge is 2.32. The van der Waals surface area contributed by atoms with E-state index in [2.05, 4.69) is 5.32 Å². The molecule has 1 amide bonds. The number of amides is 1. The fraction of sp³-hybridized carbons (Fsp3) is 0.333. The van der Waals surface area contributed by atoms with Crippen molar-refractivity contribution in [2.24, 2.45) is 0 Å². The van der Waals surface area contributed by atoms with Crippen molar-refractivity contribution in [2.45, 2.75) is 19.3 Å². The molecule has 0 fully saturated rings. The Hall–Kier alpha value is -2.04. The Morgan fingerprint density at radius 3 is 3.00 bits per heavy atom. The Morgan fingerprint density at radius 1 is 1.53 bits per heavy atom. The number of ether oxygens (including phenoxy) is 1. The number of nitrogens with one attached hydrogen (secondary N) is 1. The Morgan fingerprint density at radius 2 is 2.29 bits per heavy atom. The molecule has 1 unspecified atom stereocenters. The Labute approximate surface area is 98.4 Å². The second kappa shape index (κ2) is 4.45. The molecule has 1 atom stereocenters. The third-order valence-corrected chi connectivity index (χ3v) is 2.66. The van der Waals surface area contributed by atoms with Gasteiger partial charge in [-0.2, -0.15) is 0 Å². The van der Waals surface area contributed by atoms with Crippen molar-refractivity contribution in [1.29, 1.82) is 0 Å². The fourth-order valence-corrected chi connectivity index (χ4v) is 1.91. The van der Waals surface area contributed by atoms with E-state index in [1.165, 1.54) is 12.1 Å². The first-order valence-electron chi connectivity index (χ1n) is 5.41. The molecule has 1 aromatic carbocycles. The van der Waals surface area contributed by atoms with Gasteiger partial charge >= 0.3 is 5.97 Å². The number of hydrogen-bond acceptors (Lipinski definition) is 4. The van der Waals surface area contributed by atoms with Crippen LogP contribution in [0.25, 0.3) is 0 Å². The normalized spacial score (nSPS) is 17.5. The minimum absolute atomic E-state index is 0.0252. The second-order valence-electron chi connectivity index (χ2n) is 3.82. The Bertz CT molecular complexity index is 470. The number of aromatic hydroxyl groups is 1. The summed E-state index contributed by atoms with van der Waals surface area (Å²) in [5.41, 5.74) is 1.28. The molecule has 1 heterocycles. The molecule has 1 aliphatic rings. The lowest BCUT2D eigenvalue weighted by Crippen LogP contribution is -2.17. The molecule has 0 aliphatic carbocycles. The maximum Gasteiger partial charge on any atom is 0.306 e. The highest BCUT2D eigenvalue weighted by molar-refractivity contribution is 6.04. The van der Waals surface area contributed by atoms with Gasteiger partial charge in [0.2, 0.25) is 5.91 Å². The number of phenolic OH excluding ortho intramolecular Hbond substituents is 1. The van der Waals surface area contributed by atoms with Gasteiger partial charge in [-0.05, 0) is 18.6 Å². The van der Waals surface area contributed by atoms with E-state index >= 15 is 0 Å². The van der Waals surface area contributed by atoms with Crippen LogP contribution in [0.4, 0.5) is 5.69 Å². The van der Waals surface area contributed by atoms with Crippen LogP contribution >= 0.6 is 0 Å². The number of fused-ring (bicyclic) bond motifs is 1. The number of anilines is 1. The highest BCUT2D eigenvalue weighted by atomic mass is 16.5. The lowest BCUT2D eigenvalue weighted by atomic mass is 9.97. The summed E-state index contributed by atoms with van der Waals surface area (Å²) >= 11 is 0. The van der Waals surface area contributed by atoms with Crippen molar-refractivity contribution in [3.8, 4) is 5.75 Å². The first-order valence-corrected chi connectivity index (χ1v) is 5.41. The van der Waals surface area contributed by atoms with Crippen molar-refractivity contribution < 1.29 is 19.4 Å². The van der Waals surface area contributed by atoms with E-state index in [0.29, 0.717) is 12.3 Å². The average molecular weight is 235 g/mol. The fourth-order valence-electron chi connectivity index (χ4n) is 1.91. The van der Waals surface area contributed by atoms with Crippen LogP contribution in [-0.2, 0) is 14.3 Å². The smallest absolute Gasteiger partial charge is 0.306 e. The van der Waals surface area contributed by atoms with Crippen molar-refractivity contribution in [2.75, 3.05) is 11.9 Å². The zero-order valence-electron chi connectivity index (χ0n) is 9.40. The molecule has 2 rings (SSSR count). The molecule has 5 heteroatoms. The summed E-state index contributed by atoms with van der Waals surface area (Å²) in [6.45, 7) is 2.02. The minimum atomic E-state index is -0.523. The molecule has 0 saturated heterocycles. The summed E-state index contributed by atoms with van der Waals surface area (Å²) in [6.07, 6.45) is 0.0252. The molecule has 0 saturated carbocycles. The van der Waals surface area contributed by atoms with E-state index in [4.69, 9.17) is 4.74 Å². The van der Waals surface area contributed by atoms with Crippen LogP contribution in [0.1, 0.15) is 24.8 Å². The molecule has 0 spiro atoms. The molecule has 1 aliphatic heterocycles. The molecule has 17 heavy (non-hydrogen) atoms. The summed E-state index contributed by atoms with van der Waals surface area (Å²) in [5.74, 6) is -1.07. The van der Waals surface area contributed by atoms with Gasteiger partial charge in [0.05, 0.1) is 18.9 Å². The van der Waals surface area contributed by atoms with E-state index in [1.54, 1.807) is 13.0 Å². The first-order chi connectivity index (χ1) is 8.11. The average Bonchev–Trinajstić information content (AvgIpc) is 2.55. The number of hydrogen-bond donors (Lipinski definition) is 2. The third kappa shape index (κ3) is 2.22. The topological polar surface area (TPSA) is 75.6 Å². The van der Waals surface area contributed by atoms with Crippen LogP contribution in [0.15, 0.2) is 18.2 Å². The number of carbonyl (C=O) groups excluding carboxylic acids is 2. The molecule has 0 radical (unpaired) electrons. The van der Waals surface area contributed by atoms with Crippen molar-refractivity contribution >= 4 is 17.6 Å². The lowest BCUT2D eigenvalue weighted by molar-refractivity contribution is -0.144. The van der Waals surface area contributed by atoms with Gasteiger partial charge in [-0.3, -0.25) is 9.59 Å². The quantitative estimate of drug-likeness (QED) is 0.776. The number of benzene rings is 1. The summed E-state index contributed by atoms with van der Waals surface area (Å²) in [5, 5.41) is 11.9. The van der Waals surface area contributed by atoms with E-state index in [9.17, 15) is 14.7 Å². The second-order valence-corrected chi connectivity index (χ2v) is 3.82. The van der Waals surface area contributed by atoms with E-state index < -0.39 is 11.9 Å². The molecule has 90 valence electrons. The van der Waals surface area contributed by atoms with Gasteiger partial charge < -0.3 is 15.2 Å². The van der Waals surface area contributed by atoms with Gasteiger partial charge in [0.1, 0.15) is 5.75 Å². The summed E-state index contributed by atoms with van der Waals surface area (Å²) in [7, 11) is 0. The predicted molar refractivity (Wildman–Crippen MR) is 60.7 cm³/mol. The zero-order chi connectivity index (χ0) is 12.4. The van der Waals surface area contributed by atoms with Crippen LogP contribution in [0, 0.1) is 0 Å². The molecular formula is C12H13NO4. The first kappa shape index (κ1) is 11.4. The minimum Gasteiger partial charge on any atom is -0.508 e. The van der Waals surface area contributed by atoms with E-state index in [0.717, 1.165) is 5.56 Å². The molecule has 1 aromatic rings. The Balaban J connectivity index is 2.20. The summed E-state index contributed by atoms with van der Waals surface area (Å²) in [6, 6.07) is 4.61. The van der Waals surface area contributed by atoms with Gasteiger partial charge in [0.15, 0.2) is 0 Å².